The average Bonchev–Trinajstić information content (AvgIpc) is 3.11. The Hall–Kier alpha value is -2.93. The molecule has 6 nitrogen and oxygen atoms in total. The van der Waals surface area contributed by atoms with Crippen molar-refractivity contribution in [1.82, 2.24) is 4.98 Å². The van der Waals surface area contributed by atoms with Crippen LogP contribution in [0.1, 0.15) is 36.1 Å². The normalized spacial score (nSPS) is 19.2. The molecular formula is C19H16F3N3O3S. The highest BCUT2D eigenvalue weighted by molar-refractivity contribution is 7.16. The van der Waals surface area contributed by atoms with Crippen molar-refractivity contribution in [3.63, 3.8) is 0 Å². The van der Waals surface area contributed by atoms with Gasteiger partial charge in [0.2, 0.25) is 5.91 Å². The number of carbonyl (C=O) groups excluding carboxylic acids is 2. The molecule has 1 saturated carbocycles. The number of aromatic nitrogens is 1. The monoisotopic (exact) mass is 423 g/mol. The van der Waals surface area contributed by atoms with Crippen LogP contribution in [0.2, 0.25) is 0 Å². The number of nitrogens with zero attached hydrogens (tertiary/aromatic N) is 2. The molecule has 0 radical (unpaired) electrons. The number of halogens is 3. The molecule has 1 amide bonds. The molecule has 1 aliphatic carbocycles. The van der Waals surface area contributed by atoms with Gasteiger partial charge in [0.15, 0.2) is 5.13 Å². The quantitative estimate of drug-likeness (QED) is 0.721. The van der Waals surface area contributed by atoms with E-state index >= 15 is 0 Å². The Morgan fingerprint density at radius 1 is 1.38 bits per heavy atom. The number of hydrogen-bond acceptors (Lipinski definition) is 6. The van der Waals surface area contributed by atoms with E-state index in [2.05, 4.69) is 10.3 Å². The van der Waals surface area contributed by atoms with Gasteiger partial charge in [-0.05, 0) is 37.8 Å². The number of ether oxygens (including phenoxy) is 1. The maximum Gasteiger partial charge on any atom is 0.416 e. The number of amides is 1. The van der Waals surface area contributed by atoms with Crippen molar-refractivity contribution in [2.24, 2.45) is 5.92 Å². The number of alkyl halides is 3. The molecule has 10 heteroatoms. The predicted octanol–water partition coefficient (Wildman–Crippen LogP) is 4.37. The van der Waals surface area contributed by atoms with Crippen LogP contribution >= 0.6 is 11.3 Å². The van der Waals surface area contributed by atoms with Gasteiger partial charge < -0.3 is 10.1 Å². The standard InChI is InChI=1S/C19H16F3N3O3S/c20-19(21,22)13-5-1-3-11(7-13)16-15(9-23)29-18(24-16)25-17(27)12-4-2-6-14(8-12)28-10-26/h1,3,5,7,10,12,14H,2,4,6,8H2,(H,24,25,27). The third-order valence-electron chi connectivity index (χ3n) is 4.67. The van der Waals surface area contributed by atoms with E-state index in [1.807, 2.05) is 6.07 Å². The van der Waals surface area contributed by atoms with Gasteiger partial charge in [0.25, 0.3) is 6.47 Å². The van der Waals surface area contributed by atoms with E-state index in [9.17, 15) is 28.0 Å². The van der Waals surface area contributed by atoms with Gasteiger partial charge in [0, 0.05) is 11.5 Å². The van der Waals surface area contributed by atoms with Crippen molar-refractivity contribution in [3.8, 4) is 17.3 Å². The highest BCUT2D eigenvalue weighted by Crippen LogP contribution is 2.36. The SMILES string of the molecule is N#Cc1sc(NC(=O)C2CCCC(OC=O)C2)nc1-c1cccc(C(F)(F)F)c1. The van der Waals surface area contributed by atoms with Crippen LogP contribution < -0.4 is 5.32 Å². The first kappa shape index (κ1) is 20.8. The molecule has 0 aliphatic heterocycles. The molecule has 2 aromatic rings. The number of carbonyl (C=O) groups is 2. The van der Waals surface area contributed by atoms with Crippen LogP contribution in [0.25, 0.3) is 11.3 Å². The van der Waals surface area contributed by atoms with Gasteiger partial charge >= 0.3 is 6.18 Å². The number of anilines is 1. The van der Waals surface area contributed by atoms with Gasteiger partial charge in [0.1, 0.15) is 22.7 Å². The van der Waals surface area contributed by atoms with E-state index in [1.54, 1.807) is 0 Å². The number of rotatable bonds is 5. The molecule has 152 valence electrons. The summed E-state index contributed by atoms with van der Waals surface area (Å²) in [6.07, 6.45) is -2.39. The van der Waals surface area contributed by atoms with Crippen LogP contribution in [0, 0.1) is 17.2 Å². The van der Waals surface area contributed by atoms with Crippen molar-refractivity contribution >= 4 is 28.8 Å². The maximum atomic E-state index is 13.0. The molecule has 1 aromatic heterocycles. The molecule has 1 heterocycles. The minimum atomic E-state index is -4.52. The lowest BCUT2D eigenvalue weighted by Gasteiger charge is -2.26. The second-order valence-electron chi connectivity index (χ2n) is 6.59. The first-order chi connectivity index (χ1) is 13.8. The first-order valence-electron chi connectivity index (χ1n) is 8.80. The average molecular weight is 423 g/mol. The number of thiazole rings is 1. The van der Waals surface area contributed by atoms with Crippen LogP contribution in [-0.2, 0) is 20.5 Å². The molecule has 3 rings (SSSR count). The third-order valence-corrected chi connectivity index (χ3v) is 5.54. The molecule has 29 heavy (non-hydrogen) atoms. The zero-order chi connectivity index (χ0) is 21.0. The zero-order valence-corrected chi connectivity index (χ0v) is 15.8. The number of nitriles is 1. The fourth-order valence-electron chi connectivity index (χ4n) is 3.28. The molecule has 0 spiro atoms. The second kappa shape index (κ2) is 8.61. The molecule has 2 atom stereocenters. The topological polar surface area (TPSA) is 92.1 Å². The summed E-state index contributed by atoms with van der Waals surface area (Å²) in [6.45, 7) is 0.367. The summed E-state index contributed by atoms with van der Waals surface area (Å²) in [4.78, 5) is 27.3. The summed E-state index contributed by atoms with van der Waals surface area (Å²) < 4.78 is 43.8. The Labute approximate surface area is 168 Å². The molecule has 0 bridgehead atoms. The highest BCUT2D eigenvalue weighted by atomic mass is 32.1. The van der Waals surface area contributed by atoms with Crippen LogP contribution in [0.4, 0.5) is 18.3 Å². The van der Waals surface area contributed by atoms with Crippen LogP contribution in [0.5, 0.6) is 0 Å². The van der Waals surface area contributed by atoms with E-state index in [0.29, 0.717) is 25.7 Å². The summed E-state index contributed by atoms with van der Waals surface area (Å²) in [5, 5.41) is 12.1. The van der Waals surface area contributed by atoms with Gasteiger partial charge in [-0.2, -0.15) is 18.4 Å². The smallest absolute Gasteiger partial charge is 0.416 e. The van der Waals surface area contributed by atoms with Crippen LogP contribution in [0.15, 0.2) is 24.3 Å². The summed E-state index contributed by atoms with van der Waals surface area (Å²) in [6, 6.07) is 6.44. The Morgan fingerprint density at radius 2 is 2.17 bits per heavy atom. The molecule has 0 saturated heterocycles. The second-order valence-corrected chi connectivity index (χ2v) is 7.59. The van der Waals surface area contributed by atoms with E-state index in [4.69, 9.17) is 4.74 Å². The fraction of sp³-hybridized carbons (Fsp3) is 0.368. The van der Waals surface area contributed by atoms with Crippen molar-refractivity contribution in [1.29, 1.82) is 5.26 Å². The first-order valence-corrected chi connectivity index (χ1v) is 9.62. The minimum Gasteiger partial charge on any atom is -0.465 e. The Morgan fingerprint density at radius 3 is 2.86 bits per heavy atom. The van der Waals surface area contributed by atoms with Crippen LogP contribution in [-0.4, -0.2) is 23.5 Å². The summed E-state index contributed by atoms with van der Waals surface area (Å²) in [5.74, 6) is -0.696. The van der Waals surface area contributed by atoms with Crippen molar-refractivity contribution in [2.45, 2.75) is 38.0 Å². The van der Waals surface area contributed by atoms with Gasteiger partial charge in [-0.25, -0.2) is 4.98 Å². The van der Waals surface area contributed by atoms with Crippen molar-refractivity contribution < 1.29 is 27.5 Å². The van der Waals surface area contributed by atoms with E-state index in [0.717, 1.165) is 29.9 Å². The minimum absolute atomic E-state index is 0.0877. The molecule has 2 unspecified atom stereocenters. The lowest BCUT2D eigenvalue weighted by Crippen LogP contribution is -2.31. The fourth-order valence-corrected chi connectivity index (χ4v) is 4.07. The molecule has 1 aromatic carbocycles. The molecular weight excluding hydrogens is 407 g/mol. The lowest BCUT2D eigenvalue weighted by molar-refractivity contribution is -0.138. The molecule has 1 fully saturated rings. The lowest BCUT2D eigenvalue weighted by atomic mass is 9.86. The number of benzene rings is 1. The predicted molar refractivity (Wildman–Crippen MR) is 98.8 cm³/mol. The van der Waals surface area contributed by atoms with Gasteiger partial charge in [-0.1, -0.05) is 23.5 Å². The Balaban J connectivity index is 1.79. The van der Waals surface area contributed by atoms with Gasteiger partial charge in [-0.15, -0.1) is 0 Å². The number of hydrogen-bond donors (Lipinski definition) is 1. The van der Waals surface area contributed by atoms with Gasteiger partial charge in [-0.3, -0.25) is 9.59 Å². The summed E-state index contributed by atoms with van der Waals surface area (Å²) >= 11 is 0.898. The molecule has 1 aliphatic rings. The largest absolute Gasteiger partial charge is 0.465 e. The van der Waals surface area contributed by atoms with E-state index < -0.39 is 11.7 Å². The Kier molecular flexibility index (Phi) is 6.17. The van der Waals surface area contributed by atoms with E-state index in [-0.39, 0.29) is 39.2 Å². The van der Waals surface area contributed by atoms with Crippen molar-refractivity contribution in [2.75, 3.05) is 5.32 Å². The Bertz CT molecular complexity index is 952. The zero-order valence-electron chi connectivity index (χ0n) is 15.0. The number of nitrogens with one attached hydrogen (secondary N) is 1. The summed E-state index contributed by atoms with van der Waals surface area (Å²) in [7, 11) is 0. The van der Waals surface area contributed by atoms with Gasteiger partial charge in [0.05, 0.1) is 5.56 Å². The van der Waals surface area contributed by atoms with E-state index in [1.165, 1.54) is 12.1 Å². The summed E-state index contributed by atoms with van der Waals surface area (Å²) in [5.41, 5.74) is -0.615. The third kappa shape index (κ3) is 4.92. The maximum absolute atomic E-state index is 13.0. The van der Waals surface area contributed by atoms with Crippen LogP contribution in [0.3, 0.4) is 0 Å². The highest BCUT2D eigenvalue weighted by Gasteiger charge is 2.31. The van der Waals surface area contributed by atoms with Crippen molar-refractivity contribution in [3.05, 3.63) is 34.7 Å². The molecule has 1 N–H and O–H groups in total.